The normalized spacial score (nSPS) is 10.9. The fraction of sp³-hybridized carbons (Fsp3) is 0.111. The molecule has 0 saturated carbocycles. The molecule has 0 aliphatic carbocycles. The maximum atomic E-state index is 13.7. The van der Waals surface area contributed by atoms with E-state index in [0.717, 1.165) is 5.56 Å². The number of carbonyl (C=O) groups is 1. The molecule has 0 radical (unpaired) electrons. The van der Waals surface area contributed by atoms with Crippen LogP contribution in [0.3, 0.4) is 0 Å². The molecule has 7 nitrogen and oxygen atoms in total. The van der Waals surface area contributed by atoms with Gasteiger partial charge in [0.05, 0.1) is 7.11 Å². The number of aromatic nitrogens is 4. The Hall–Kier alpha value is -3.55. The first-order valence-electron chi connectivity index (χ1n) is 7.72. The molecule has 0 atom stereocenters. The summed E-state index contributed by atoms with van der Waals surface area (Å²) in [7, 11) is 3.13. The molecule has 3 aromatic rings. The van der Waals surface area contributed by atoms with Gasteiger partial charge in [-0.15, -0.1) is 5.10 Å². The van der Waals surface area contributed by atoms with Gasteiger partial charge in [0, 0.05) is 24.4 Å². The van der Waals surface area contributed by atoms with E-state index in [-0.39, 0.29) is 11.7 Å². The van der Waals surface area contributed by atoms with Crippen molar-refractivity contribution in [2.24, 2.45) is 7.05 Å². The third-order valence-corrected chi connectivity index (χ3v) is 3.61. The molecule has 0 aliphatic heterocycles. The maximum absolute atomic E-state index is 13.7. The highest BCUT2D eigenvalue weighted by Crippen LogP contribution is 2.20. The minimum Gasteiger partial charge on any atom is -0.494 e. The number of rotatable bonds is 5. The molecular weight excluding hydrogens is 337 g/mol. The van der Waals surface area contributed by atoms with Gasteiger partial charge in [-0.2, -0.15) is 0 Å². The molecule has 1 N–H and O–H groups in total. The topological polar surface area (TPSA) is 81.9 Å². The zero-order chi connectivity index (χ0) is 18.5. The van der Waals surface area contributed by atoms with E-state index in [4.69, 9.17) is 4.74 Å². The fourth-order valence-electron chi connectivity index (χ4n) is 2.35. The van der Waals surface area contributed by atoms with Crippen LogP contribution in [0.4, 0.5) is 10.1 Å². The lowest BCUT2D eigenvalue weighted by molar-refractivity contribution is -0.111. The fourth-order valence-corrected chi connectivity index (χ4v) is 2.35. The van der Waals surface area contributed by atoms with Crippen LogP contribution in [0.1, 0.15) is 5.56 Å². The SMILES string of the molecule is COc1ccc(/C=C/C(=O)Nc2cccc(-c3nnnn3C)c2)cc1F. The Morgan fingerprint density at radius 2 is 2.12 bits per heavy atom. The van der Waals surface area contributed by atoms with Gasteiger partial charge in [0.15, 0.2) is 17.4 Å². The number of halogens is 1. The Balaban J connectivity index is 1.70. The van der Waals surface area contributed by atoms with Crippen LogP contribution < -0.4 is 10.1 Å². The summed E-state index contributed by atoms with van der Waals surface area (Å²) in [5, 5.41) is 14.1. The average molecular weight is 353 g/mol. The quantitative estimate of drug-likeness (QED) is 0.713. The summed E-state index contributed by atoms with van der Waals surface area (Å²) < 4.78 is 20.1. The molecule has 1 aromatic heterocycles. The number of amides is 1. The number of ether oxygens (including phenoxy) is 1. The number of tetrazole rings is 1. The molecule has 0 saturated heterocycles. The standard InChI is InChI=1S/C18H16FN5O2/c1-24-18(21-22-23-24)13-4-3-5-14(11-13)20-17(25)9-7-12-6-8-16(26-2)15(19)10-12/h3-11H,1-2H3,(H,20,25)/b9-7+. The number of hydrogen-bond donors (Lipinski definition) is 1. The Kier molecular flexibility index (Phi) is 5.02. The molecule has 2 aromatic carbocycles. The van der Waals surface area contributed by atoms with E-state index in [0.29, 0.717) is 17.1 Å². The lowest BCUT2D eigenvalue weighted by atomic mass is 10.1. The van der Waals surface area contributed by atoms with Crippen LogP contribution in [0, 0.1) is 5.82 Å². The van der Waals surface area contributed by atoms with Gasteiger partial charge in [0.2, 0.25) is 5.91 Å². The van der Waals surface area contributed by atoms with Crippen molar-refractivity contribution in [3.63, 3.8) is 0 Å². The first kappa shape index (κ1) is 17.3. The highest BCUT2D eigenvalue weighted by molar-refractivity contribution is 6.02. The van der Waals surface area contributed by atoms with Gasteiger partial charge in [0.25, 0.3) is 0 Å². The van der Waals surface area contributed by atoms with Crippen LogP contribution in [0.5, 0.6) is 5.75 Å². The van der Waals surface area contributed by atoms with E-state index in [1.54, 1.807) is 36.0 Å². The van der Waals surface area contributed by atoms with E-state index in [9.17, 15) is 9.18 Å². The molecule has 3 rings (SSSR count). The van der Waals surface area contributed by atoms with Crippen LogP contribution in [0.2, 0.25) is 0 Å². The highest BCUT2D eigenvalue weighted by atomic mass is 19.1. The molecule has 0 aliphatic rings. The van der Waals surface area contributed by atoms with Crippen molar-refractivity contribution in [2.45, 2.75) is 0 Å². The lowest BCUT2D eigenvalue weighted by Crippen LogP contribution is -2.07. The third-order valence-electron chi connectivity index (χ3n) is 3.61. The molecule has 26 heavy (non-hydrogen) atoms. The van der Waals surface area contributed by atoms with Crippen molar-refractivity contribution in [1.82, 2.24) is 20.2 Å². The number of nitrogens with zero attached hydrogens (tertiary/aromatic N) is 4. The number of anilines is 1. The molecule has 0 unspecified atom stereocenters. The van der Waals surface area contributed by atoms with Crippen molar-refractivity contribution in [3.05, 3.63) is 59.9 Å². The first-order chi connectivity index (χ1) is 12.6. The smallest absolute Gasteiger partial charge is 0.248 e. The number of carbonyl (C=O) groups excluding carboxylic acids is 1. The highest BCUT2D eigenvalue weighted by Gasteiger charge is 2.07. The van der Waals surface area contributed by atoms with Gasteiger partial charge in [-0.05, 0) is 46.3 Å². The van der Waals surface area contributed by atoms with Crippen molar-refractivity contribution >= 4 is 17.7 Å². The van der Waals surface area contributed by atoms with Crippen LogP contribution in [-0.4, -0.2) is 33.2 Å². The van der Waals surface area contributed by atoms with E-state index in [2.05, 4.69) is 20.8 Å². The zero-order valence-electron chi connectivity index (χ0n) is 14.2. The molecule has 1 amide bonds. The number of hydrogen-bond acceptors (Lipinski definition) is 5. The average Bonchev–Trinajstić information content (AvgIpc) is 3.06. The predicted octanol–water partition coefficient (Wildman–Crippen LogP) is 2.68. The van der Waals surface area contributed by atoms with Gasteiger partial charge < -0.3 is 10.1 Å². The zero-order valence-corrected chi connectivity index (χ0v) is 14.2. The summed E-state index contributed by atoms with van der Waals surface area (Å²) in [6.45, 7) is 0. The minimum absolute atomic E-state index is 0.154. The number of methoxy groups -OCH3 is 1. The summed E-state index contributed by atoms with van der Waals surface area (Å²) in [4.78, 5) is 12.1. The molecular formula is C18H16FN5O2. The van der Waals surface area contributed by atoms with Crippen LogP contribution >= 0.6 is 0 Å². The third kappa shape index (κ3) is 3.92. The second-order valence-electron chi connectivity index (χ2n) is 5.42. The predicted molar refractivity (Wildman–Crippen MR) is 94.8 cm³/mol. The van der Waals surface area contributed by atoms with Crippen LogP contribution in [-0.2, 0) is 11.8 Å². The summed E-state index contributed by atoms with van der Waals surface area (Å²) in [5.41, 5.74) is 1.93. The summed E-state index contributed by atoms with van der Waals surface area (Å²) in [6.07, 6.45) is 2.85. The number of aryl methyl sites for hydroxylation is 1. The van der Waals surface area contributed by atoms with Crippen LogP contribution in [0.15, 0.2) is 48.5 Å². The second-order valence-corrected chi connectivity index (χ2v) is 5.42. The molecule has 0 fully saturated rings. The number of benzene rings is 2. The number of nitrogens with one attached hydrogen (secondary N) is 1. The van der Waals surface area contributed by atoms with Crippen molar-refractivity contribution < 1.29 is 13.9 Å². The molecule has 1 heterocycles. The molecule has 0 spiro atoms. The summed E-state index contributed by atoms with van der Waals surface area (Å²) >= 11 is 0. The van der Waals surface area contributed by atoms with Crippen molar-refractivity contribution in [3.8, 4) is 17.1 Å². The van der Waals surface area contributed by atoms with E-state index < -0.39 is 5.82 Å². The van der Waals surface area contributed by atoms with Crippen molar-refractivity contribution in [1.29, 1.82) is 0 Å². The summed E-state index contributed by atoms with van der Waals surface area (Å²) in [6, 6.07) is 11.6. The monoisotopic (exact) mass is 353 g/mol. The largest absolute Gasteiger partial charge is 0.494 e. The lowest BCUT2D eigenvalue weighted by Gasteiger charge is -2.05. The van der Waals surface area contributed by atoms with Gasteiger partial charge in [-0.1, -0.05) is 18.2 Å². The molecule has 0 bridgehead atoms. The second kappa shape index (κ2) is 7.56. The van der Waals surface area contributed by atoms with Gasteiger partial charge in [-0.3, -0.25) is 4.79 Å². The van der Waals surface area contributed by atoms with Gasteiger partial charge in [0.1, 0.15) is 0 Å². The summed E-state index contributed by atoms with van der Waals surface area (Å²) in [5.74, 6) is -0.0819. The molecule has 132 valence electrons. The van der Waals surface area contributed by atoms with Crippen LogP contribution in [0.25, 0.3) is 17.5 Å². The van der Waals surface area contributed by atoms with E-state index in [1.165, 1.54) is 31.4 Å². The van der Waals surface area contributed by atoms with E-state index in [1.807, 2.05) is 6.07 Å². The Morgan fingerprint density at radius 3 is 2.81 bits per heavy atom. The van der Waals surface area contributed by atoms with Crippen molar-refractivity contribution in [2.75, 3.05) is 12.4 Å². The Bertz CT molecular complexity index is 968. The first-order valence-corrected chi connectivity index (χ1v) is 7.72. The molecule has 8 heteroatoms. The van der Waals surface area contributed by atoms with E-state index >= 15 is 0 Å². The Labute approximate surface area is 149 Å². The Morgan fingerprint density at radius 1 is 1.27 bits per heavy atom. The minimum atomic E-state index is -0.486. The maximum Gasteiger partial charge on any atom is 0.248 e. The van der Waals surface area contributed by atoms with Gasteiger partial charge >= 0.3 is 0 Å². The van der Waals surface area contributed by atoms with Gasteiger partial charge in [-0.25, -0.2) is 9.07 Å².